The average molecular weight is 364 g/mol. The van der Waals surface area contributed by atoms with Crippen molar-refractivity contribution in [2.45, 2.75) is 13.1 Å². The van der Waals surface area contributed by atoms with Gasteiger partial charge >= 0.3 is 0 Å². The van der Waals surface area contributed by atoms with E-state index in [-0.39, 0.29) is 18.4 Å². The molecule has 2 aromatic rings. The minimum atomic E-state index is -0.208. The van der Waals surface area contributed by atoms with Gasteiger partial charge in [0.05, 0.1) is 6.54 Å². The second-order valence-electron chi connectivity index (χ2n) is 5.47. The maximum absolute atomic E-state index is 12.1. The van der Waals surface area contributed by atoms with Crippen molar-refractivity contribution >= 4 is 35.0 Å². The first-order chi connectivity index (χ1) is 11.5. The number of carbonyl (C=O) groups excluding carboxylic acids is 2. The zero-order valence-corrected chi connectivity index (χ0v) is 14.2. The molecular weight excluding hydrogens is 349 g/mol. The van der Waals surface area contributed by atoms with Gasteiger partial charge < -0.3 is 5.32 Å². The van der Waals surface area contributed by atoms with Crippen LogP contribution in [-0.2, 0) is 17.9 Å². The van der Waals surface area contributed by atoms with Crippen molar-refractivity contribution < 1.29 is 9.59 Å². The number of fused-ring (bicyclic) bond motifs is 1. The van der Waals surface area contributed by atoms with Gasteiger partial charge in [-0.05, 0) is 29.3 Å². The molecule has 3 rings (SSSR count). The molecule has 0 atom stereocenters. The lowest BCUT2D eigenvalue weighted by molar-refractivity contribution is -0.123. The monoisotopic (exact) mass is 363 g/mol. The molecule has 0 aliphatic carbocycles. The van der Waals surface area contributed by atoms with E-state index >= 15 is 0 Å². The van der Waals surface area contributed by atoms with Gasteiger partial charge in [-0.15, -0.1) is 0 Å². The third-order valence-electron chi connectivity index (χ3n) is 3.71. The van der Waals surface area contributed by atoms with Crippen LogP contribution in [0.5, 0.6) is 0 Å². The lowest BCUT2D eigenvalue weighted by Gasteiger charge is -2.28. The minimum absolute atomic E-state index is 0.0608. The zero-order valence-electron chi connectivity index (χ0n) is 12.7. The fourth-order valence-corrected chi connectivity index (χ4v) is 2.99. The molecule has 0 bridgehead atoms. The molecule has 0 aromatic heterocycles. The standard InChI is InChI=1S/C17H15Cl2N3O2/c18-13-6-5-11(15(19)7-13)8-20-16(23)10-22-9-12-3-1-2-4-14(12)17(24)21-22/h1-7H,8-10H2,(H,20,23)(H,21,24). The molecule has 0 saturated carbocycles. The highest BCUT2D eigenvalue weighted by Crippen LogP contribution is 2.20. The van der Waals surface area contributed by atoms with Gasteiger partial charge in [0.25, 0.3) is 5.91 Å². The van der Waals surface area contributed by atoms with E-state index in [9.17, 15) is 9.59 Å². The SMILES string of the molecule is O=C(CN1Cc2ccccc2C(=O)N1)NCc1ccc(Cl)cc1Cl. The number of halogens is 2. The van der Waals surface area contributed by atoms with Gasteiger partial charge in [0, 0.05) is 28.7 Å². The summed E-state index contributed by atoms with van der Waals surface area (Å²) < 4.78 is 0. The van der Waals surface area contributed by atoms with Gasteiger partial charge in [-0.25, -0.2) is 5.01 Å². The van der Waals surface area contributed by atoms with E-state index in [0.29, 0.717) is 28.7 Å². The number of benzene rings is 2. The van der Waals surface area contributed by atoms with Crippen LogP contribution in [0.3, 0.4) is 0 Å². The van der Waals surface area contributed by atoms with Crippen molar-refractivity contribution in [3.05, 3.63) is 69.2 Å². The summed E-state index contributed by atoms with van der Waals surface area (Å²) >= 11 is 11.9. The number of rotatable bonds is 4. The molecule has 124 valence electrons. The third kappa shape index (κ3) is 3.87. The summed E-state index contributed by atoms with van der Waals surface area (Å²) in [5.41, 5.74) is 5.03. The summed E-state index contributed by atoms with van der Waals surface area (Å²) in [6, 6.07) is 12.5. The molecule has 0 radical (unpaired) electrons. The summed E-state index contributed by atoms with van der Waals surface area (Å²) in [5.74, 6) is -0.411. The number of hydrazine groups is 1. The quantitative estimate of drug-likeness (QED) is 0.877. The normalized spacial score (nSPS) is 14.0. The number of nitrogens with one attached hydrogen (secondary N) is 2. The Bertz CT molecular complexity index is 795. The molecule has 5 nitrogen and oxygen atoms in total. The average Bonchev–Trinajstić information content (AvgIpc) is 2.54. The van der Waals surface area contributed by atoms with Crippen molar-refractivity contribution in [2.75, 3.05) is 6.54 Å². The Morgan fingerprint density at radius 1 is 1.21 bits per heavy atom. The van der Waals surface area contributed by atoms with Crippen LogP contribution in [0.25, 0.3) is 0 Å². The molecule has 0 spiro atoms. The summed E-state index contributed by atoms with van der Waals surface area (Å²) in [6.07, 6.45) is 0. The van der Waals surface area contributed by atoms with Gasteiger partial charge in [-0.3, -0.25) is 15.0 Å². The van der Waals surface area contributed by atoms with E-state index in [1.807, 2.05) is 18.2 Å². The maximum Gasteiger partial charge on any atom is 0.265 e. The first kappa shape index (κ1) is 16.8. The van der Waals surface area contributed by atoms with Crippen molar-refractivity contribution in [2.24, 2.45) is 0 Å². The fourth-order valence-electron chi connectivity index (χ4n) is 2.51. The van der Waals surface area contributed by atoms with Gasteiger partial charge in [0.1, 0.15) is 0 Å². The number of carbonyl (C=O) groups is 2. The molecule has 7 heteroatoms. The largest absolute Gasteiger partial charge is 0.351 e. The van der Waals surface area contributed by atoms with E-state index in [0.717, 1.165) is 11.1 Å². The molecule has 24 heavy (non-hydrogen) atoms. The van der Waals surface area contributed by atoms with Crippen LogP contribution in [0, 0.1) is 0 Å². The number of nitrogens with zero attached hydrogens (tertiary/aromatic N) is 1. The lowest BCUT2D eigenvalue weighted by Crippen LogP contribution is -2.50. The van der Waals surface area contributed by atoms with Crippen molar-refractivity contribution in [1.29, 1.82) is 0 Å². The van der Waals surface area contributed by atoms with E-state index < -0.39 is 0 Å². The smallest absolute Gasteiger partial charge is 0.265 e. The van der Waals surface area contributed by atoms with Gasteiger partial charge in [-0.2, -0.15) is 0 Å². The maximum atomic E-state index is 12.1. The molecule has 2 amide bonds. The molecule has 1 aliphatic rings. The highest BCUT2D eigenvalue weighted by atomic mass is 35.5. The van der Waals surface area contributed by atoms with E-state index in [1.165, 1.54) is 0 Å². The second-order valence-corrected chi connectivity index (χ2v) is 6.31. The first-order valence-electron chi connectivity index (χ1n) is 7.37. The predicted molar refractivity (Wildman–Crippen MR) is 92.6 cm³/mol. The molecule has 2 aromatic carbocycles. The Morgan fingerprint density at radius 2 is 2.00 bits per heavy atom. The topological polar surface area (TPSA) is 61.4 Å². The fraction of sp³-hybridized carbons (Fsp3) is 0.176. The Labute approximate surface area is 149 Å². The first-order valence-corrected chi connectivity index (χ1v) is 8.13. The highest BCUT2D eigenvalue weighted by molar-refractivity contribution is 6.35. The van der Waals surface area contributed by atoms with Crippen LogP contribution in [0.2, 0.25) is 10.0 Å². The number of hydrogen-bond acceptors (Lipinski definition) is 3. The van der Waals surface area contributed by atoms with Crippen LogP contribution < -0.4 is 10.7 Å². The predicted octanol–water partition coefficient (Wildman–Crippen LogP) is 2.77. The van der Waals surface area contributed by atoms with Crippen LogP contribution >= 0.6 is 23.2 Å². The highest BCUT2D eigenvalue weighted by Gasteiger charge is 2.23. The Kier molecular flexibility index (Phi) is 5.04. The van der Waals surface area contributed by atoms with Crippen molar-refractivity contribution in [3.8, 4) is 0 Å². The molecule has 1 heterocycles. The van der Waals surface area contributed by atoms with Crippen LogP contribution in [0.4, 0.5) is 0 Å². The molecule has 0 saturated heterocycles. The molecule has 0 fully saturated rings. The van der Waals surface area contributed by atoms with E-state index in [4.69, 9.17) is 23.2 Å². The minimum Gasteiger partial charge on any atom is -0.351 e. The van der Waals surface area contributed by atoms with Gasteiger partial charge in [0.2, 0.25) is 5.91 Å². The van der Waals surface area contributed by atoms with E-state index in [2.05, 4.69) is 10.7 Å². The molecule has 1 aliphatic heterocycles. The second kappa shape index (κ2) is 7.21. The van der Waals surface area contributed by atoms with Crippen LogP contribution in [-0.4, -0.2) is 23.4 Å². The Balaban J connectivity index is 1.57. The van der Waals surface area contributed by atoms with Crippen LogP contribution in [0.15, 0.2) is 42.5 Å². The number of hydrogen-bond donors (Lipinski definition) is 2. The summed E-state index contributed by atoms with van der Waals surface area (Å²) in [5, 5.41) is 5.42. The van der Waals surface area contributed by atoms with Gasteiger partial charge in [-0.1, -0.05) is 47.5 Å². The summed E-state index contributed by atoms with van der Waals surface area (Å²) in [4.78, 5) is 24.1. The molecule has 2 N–H and O–H groups in total. The van der Waals surface area contributed by atoms with Crippen molar-refractivity contribution in [1.82, 2.24) is 15.8 Å². The van der Waals surface area contributed by atoms with Gasteiger partial charge in [0.15, 0.2) is 0 Å². The third-order valence-corrected chi connectivity index (χ3v) is 4.30. The molecule has 0 unspecified atom stereocenters. The van der Waals surface area contributed by atoms with Crippen LogP contribution in [0.1, 0.15) is 21.5 Å². The summed E-state index contributed by atoms with van der Waals surface area (Å²) in [7, 11) is 0. The Hall–Kier alpha value is -2.08. The van der Waals surface area contributed by atoms with Crippen molar-refractivity contribution in [3.63, 3.8) is 0 Å². The Morgan fingerprint density at radius 3 is 2.79 bits per heavy atom. The van der Waals surface area contributed by atoms with E-state index in [1.54, 1.807) is 29.3 Å². The number of amides is 2. The summed E-state index contributed by atoms with van der Waals surface area (Å²) in [6.45, 7) is 0.843. The molecular formula is C17H15Cl2N3O2. The lowest BCUT2D eigenvalue weighted by atomic mass is 10.1. The zero-order chi connectivity index (χ0) is 17.1.